The van der Waals surface area contributed by atoms with Crippen molar-refractivity contribution in [1.82, 2.24) is 10.2 Å². The molecule has 1 aromatic rings. The molecule has 5 heteroatoms. The lowest BCUT2D eigenvalue weighted by atomic mass is 10.0. The van der Waals surface area contributed by atoms with Crippen LogP contribution < -0.4 is 5.32 Å². The number of aryl methyl sites for hydroxylation is 1. The number of hydrogen-bond donors (Lipinski definition) is 1. The summed E-state index contributed by atoms with van der Waals surface area (Å²) in [6, 6.07) is 8.48. The molecule has 5 nitrogen and oxygen atoms in total. The van der Waals surface area contributed by atoms with Gasteiger partial charge in [-0.25, -0.2) is 0 Å². The average molecular weight is 318 g/mol. The number of ether oxygens (including phenoxy) is 2. The molecule has 0 aromatic heterocycles. The first kappa shape index (κ1) is 16.4. The van der Waals surface area contributed by atoms with Crippen molar-refractivity contribution >= 4 is 5.91 Å². The molecule has 0 spiro atoms. The Labute approximate surface area is 137 Å². The standard InChI is InChI=1S/C18H26N2O3/c1-13-5-3-4-6-16(13)17-10-20(14(2)11-23-17)18(21)9-15-12-22-8-7-19-15/h3-6,14-15,17,19H,7-12H2,1-2H3. The van der Waals surface area contributed by atoms with Crippen molar-refractivity contribution in [2.75, 3.05) is 32.9 Å². The number of benzene rings is 1. The monoisotopic (exact) mass is 318 g/mol. The molecule has 2 fully saturated rings. The fourth-order valence-electron chi connectivity index (χ4n) is 3.32. The smallest absolute Gasteiger partial charge is 0.224 e. The molecule has 2 aliphatic heterocycles. The second kappa shape index (κ2) is 7.43. The maximum absolute atomic E-state index is 12.7. The van der Waals surface area contributed by atoms with Crippen molar-refractivity contribution in [3.63, 3.8) is 0 Å². The molecular weight excluding hydrogens is 292 g/mol. The molecule has 1 amide bonds. The number of nitrogens with zero attached hydrogens (tertiary/aromatic N) is 1. The highest BCUT2D eigenvalue weighted by Gasteiger charge is 2.32. The molecule has 1 aromatic carbocycles. The van der Waals surface area contributed by atoms with Crippen LogP contribution in [0.15, 0.2) is 24.3 Å². The van der Waals surface area contributed by atoms with Crippen molar-refractivity contribution in [3.05, 3.63) is 35.4 Å². The van der Waals surface area contributed by atoms with E-state index in [1.165, 1.54) is 11.1 Å². The second-order valence-corrected chi connectivity index (χ2v) is 6.50. The molecule has 2 saturated heterocycles. The van der Waals surface area contributed by atoms with Crippen molar-refractivity contribution in [2.24, 2.45) is 0 Å². The van der Waals surface area contributed by atoms with E-state index in [1.54, 1.807) is 0 Å². The van der Waals surface area contributed by atoms with Crippen LogP contribution in [0.2, 0.25) is 0 Å². The fourth-order valence-corrected chi connectivity index (χ4v) is 3.32. The number of carbonyl (C=O) groups is 1. The summed E-state index contributed by atoms with van der Waals surface area (Å²) < 4.78 is 11.4. The molecule has 0 saturated carbocycles. The Bertz CT molecular complexity index is 543. The Kier molecular flexibility index (Phi) is 5.30. The Morgan fingerprint density at radius 1 is 1.35 bits per heavy atom. The quantitative estimate of drug-likeness (QED) is 0.921. The van der Waals surface area contributed by atoms with Crippen LogP contribution in [0.25, 0.3) is 0 Å². The van der Waals surface area contributed by atoms with Crippen molar-refractivity contribution in [1.29, 1.82) is 0 Å². The molecule has 126 valence electrons. The summed E-state index contributed by atoms with van der Waals surface area (Å²) in [6.07, 6.45) is 0.456. The molecule has 2 heterocycles. The summed E-state index contributed by atoms with van der Waals surface area (Å²) >= 11 is 0. The Morgan fingerprint density at radius 3 is 2.91 bits per heavy atom. The van der Waals surface area contributed by atoms with Crippen LogP contribution in [0.3, 0.4) is 0 Å². The predicted octanol–water partition coefficient (Wildman–Crippen LogP) is 1.66. The fraction of sp³-hybridized carbons (Fsp3) is 0.611. The van der Waals surface area contributed by atoms with Crippen LogP contribution in [-0.4, -0.2) is 55.8 Å². The molecule has 0 aliphatic carbocycles. The van der Waals surface area contributed by atoms with Gasteiger partial charge in [0.05, 0.1) is 32.4 Å². The van der Waals surface area contributed by atoms with E-state index in [2.05, 4.69) is 31.3 Å². The van der Waals surface area contributed by atoms with E-state index in [4.69, 9.17) is 9.47 Å². The highest BCUT2D eigenvalue weighted by molar-refractivity contribution is 5.77. The van der Waals surface area contributed by atoms with E-state index in [-0.39, 0.29) is 24.1 Å². The van der Waals surface area contributed by atoms with Gasteiger partial charge in [0.1, 0.15) is 6.10 Å². The van der Waals surface area contributed by atoms with Crippen LogP contribution >= 0.6 is 0 Å². The van der Waals surface area contributed by atoms with Gasteiger partial charge in [-0.3, -0.25) is 4.79 Å². The minimum atomic E-state index is -0.0353. The minimum absolute atomic E-state index is 0.0353. The van der Waals surface area contributed by atoms with E-state index < -0.39 is 0 Å². The molecule has 0 bridgehead atoms. The largest absolute Gasteiger partial charge is 0.378 e. The Hall–Kier alpha value is -1.43. The highest BCUT2D eigenvalue weighted by atomic mass is 16.5. The van der Waals surface area contributed by atoms with Gasteiger partial charge in [0.25, 0.3) is 0 Å². The third-order valence-electron chi connectivity index (χ3n) is 4.71. The van der Waals surface area contributed by atoms with Crippen LogP contribution in [0, 0.1) is 6.92 Å². The van der Waals surface area contributed by atoms with Crippen LogP contribution in [0.5, 0.6) is 0 Å². The number of amides is 1. The number of carbonyl (C=O) groups excluding carboxylic acids is 1. The number of nitrogens with one attached hydrogen (secondary N) is 1. The van der Waals surface area contributed by atoms with E-state index in [0.29, 0.717) is 26.2 Å². The summed E-state index contributed by atoms with van der Waals surface area (Å²) in [5.41, 5.74) is 2.39. The first-order valence-corrected chi connectivity index (χ1v) is 8.43. The molecule has 3 unspecified atom stereocenters. The molecule has 1 N–H and O–H groups in total. The first-order valence-electron chi connectivity index (χ1n) is 8.43. The molecule has 0 radical (unpaired) electrons. The maximum Gasteiger partial charge on any atom is 0.224 e. The van der Waals surface area contributed by atoms with Gasteiger partial charge in [-0.15, -0.1) is 0 Å². The average Bonchev–Trinajstić information content (AvgIpc) is 2.57. The number of hydrogen-bond acceptors (Lipinski definition) is 4. The second-order valence-electron chi connectivity index (χ2n) is 6.50. The lowest BCUT2D eigenvalue weighted by Crippen LogP contribution is -2.51. The Balaban J connectivity index is 1.65. The molecular formula is C18H26N2O3. The molecule has 3 rings (SSSR count). The van der Waals surface area contributed by atoms with Gasteiger partial charge in [0.15, 0.2) is 0 Å². The highest BCUT2D eigenvalue weighted by Crippen LogP contribution is 2.27. The Morgan fingerprint density at radius 2 is 2.17 bits per heavy atom. The number of morpholine rings is 2. The number of rotatable bonds is 3. The van der Waals surface area contributed by atoms with Gasteiger partial charge in [-0.05, 0) is 25.0 Å². The van der Waals surface area contributed by atoms with E-state index >= 15 is 0 Å². The summed E-state index contributed by atoms with van der Waals surface area (Å²) in [7, 11) is 0. The summed E-state index contributed by atoms with van der Waals surface area (Å²) in [6.45, 7) is 7.52. The lowest BCUT2D eigenvalue weighted by molar-refractivity contribution is -0.145. The van der Waals surface area contributed by atoms with E-state index in [9.17, 15) is 4.79 Å². The molecule has 3 atom stereocenters. The van der Waals surface area contributed by atoms with Gasteiger partial charge in [0, 0.05) is 19.0 Å². The molecule has 23 heavy (non-hydrogen) atoms. The van der Waals surface area contributed by atoms with Gasteiger partial charge in [-0.2, -0.15) is 0 Å². The van der Waals surface area contributed by atoms with E-state index in [0.717, 1.165) is 13.2 Å². The van der Waals surface area contributed by atoms with Gasteiger partial charge >= 0.3 is 0 Å². The summed E-state index contributed by atoms with van der Waals surface area (Å²) in [5.74, 6) is 0.183. The van der Waals surface area contributed by atoms with Crippen molar-refractivity contribution < 1.29 is 14.3 Å². The van der Waals surface area contributed by atoms with Crippen LogP contribution in [0.1, 0.15) is 30.6 Å². The predicted molar refractivity (Wildman–Crippen MR) is 88.3 cm³/mol. The third-order valence-corrected chi connectivity index (χ3v) is 4.71. The maximum atomic E-state index is 12.7. The molecule has 2 aliphatic rings. The van der Waals surface area contributed by atoms with Gasteiger partial charge < -0.3 is 19.7 Å². The lowest BCUT2D eigenvalue weighted by Gasteiger charge is -2.39. The SMILES string of the molecule is Cc1ccccc1C1CN(C(=O)CC2COCCN2)C(C)CO1. The topological polar surface area (TPSA) is 50.8 Å². The van der Waals surface area contributed by atoms with Crippen molar-refractivity contribution in [3.8, 4) is 0 Å². The summed E-state index contributed by atoms with van der Waals surface area (Å²) in [5, 5.41) is 3.35. The minimum Gasteiger partial charge on any atom is -0.378 e. The normalized spacial score (nSPS) is 28.6. The summed E-state index contributed by atoms with van der Waals surface area (Å²) in [4.78, 5) is 14.7. The third kappa shape index (κ3) is 3.91. The zero-order valence-corrected chi connectivity index (χ0v) is 14.0. The zero-order valence-electron chi connectivity index (χ0n) is 14.0. The first-order chi connectivity index (χ1) is 11.1. The van der Waals surface area contributed by atoms with Gasteiger partial charge in [-0.1, -0.05) is 24.3 Å². The van der Waals surface area contributed by atoms with Crippen LogP contribution in [-0.2, 0) is 14.3 Å². The zero-order chi connectivity index (χ0) is 16.2. The van der Waals surface area contributed by atoms with Gasteiger partial charge in [0.2, 0.25) is 5.91 Å². The van der Waals surface area contributed by atoms with E-state index in [1.807, 2.05) is 17.0 Å². The van der Waals surface area contributed by atoms with Crippen LogP contribution in [0.4, 0.5) is 0 Å². The van der Waals surface area contributed by atoms with Crippen molar-refractivity contribution in [2.45, 2.75) is 38.5 Å².